The maximum Gasteiger partial charge on any atom is 0.341 e. The van der Waals surface area contributed by atoms with E-state index in [0.717, 1.165) is 10.5 Å². The number of carboxylic acid groups (broad SMARTS) is 1. The summed E-state index contributed by atoms with van der Waals surface area (Å²) in [4.78, 5) is 36.4. The van der Waals surface area contributed by atoms with Crippen LogP contribution in [-0.2, 0) is 16.1 Å². The zero-order chi connectivity index (χ0) is 19.4. The number of hydrogen-bond donors (Lipinski definition) is 2. The molecule has 3 amide bonds. The van der Waals surface area contributed by atoms with Gasteiger partial charge in [0.1, 0.15) is 11.4 Å². The molecule has 1 aliphatic heterocycles. The van der Waals surface area contributed by atoms with E-state index in [1.54, 1.807) is 24.3 Å². The standard InChI is InChI=1S/C19H15BrN2O5/c20-14-8-13(6-7-16(14)27-11-17(23)24)9-15-18(25)22(19(26)21-15)10-12-4-2-1-3-5-12/h1-9H,10-11H2,(H,21,26)(H,23,24)/b15-9+. The van der Waals surface area contributed by atoms with E-state index >= 15 is 0 Å². The first kappa shape index (κ1) is 18.7. The number of hydrogen-bond acceptors (Lipinski definition) is 4. The van der Waals surface area contributed by atoms with Gasteiger partial charge in [0.2, 0.25) is 0 Å². The van der Waals surface area contributed by atoms with Crippen molar-refractivity contribution < 1.29 is 24.2 Å². The number of nitrogens with one attached hydrogen (secondary N) is 1. The van der Waals surface area contributed by atoms with E-state index in [-0.39, 0.29) is 12.2 Å². The first-order chi connectivity index (χ1) is 12.9. The number of aliphatic carboxylic acids is 1. The molecule has 0 aliphatic carbocycles. The number of rotatable bonds is 6. The fourth-order valence-corrected chi connectivity index (χ4v) is 3.02. The lowest BCUT2D eigenvalue weighted by molar-refractivity contribution is -0.139. The first-order valence-electron chi connectivity index (χ1n) is 7.96. The number of imide groups is 1. The van der Waals surface area contributed by atoms with Crippen LogP contribution in [0.25, 0.3) is 6.08 Å². The number of ether oxygens (including phenoxy) is 1. The van der Waals surface area contributed by atoms with Gasteiger partial charge in [-0.3, -0.25) is 9.69 Å². The second kappa shape index (κ2) is 8.05. The van der Waals surface area contributed by atoms with Gasteiger partial charge in [-0.15, -0.1) is 0 Å². The lowest BCUT2D eigenvalue weighted by Crippen LogP contribution is -2.30. The molecule has 7 nitrogen and oxygen atoms in total. The highest BCUT2D eigenvalue weighted by molar-refractivity contribution is 9.10. The highest BCUT2D eigenvalue weighted by Gasteiger charge is 2.33. The van der Waals surface area contributed by atoms with E-state index in [2.05, 4.69) is 21.2 Å². The van der Waals surface area contributed by atoms with Gasteiger partial charge in [0.05, 0.1) is 11.0 Å². The van der Waals surface area contributed by atoms with E-state index in [4.69, 9.17) is 9.84 Å². The molecule has 0 spiro atoms. The third-order valence-corrected chi connectivity index (χ3v) is 4.38. The monoisotopic (exact) mass is 430 g/mol. The third-order valence-electron chi connectivity index (χ3n) is 3.76. The molecule has 0 radical (unpaired) electrons. The Morgan fingerprint density at radius 3 is 2.59 bits per heavy atom. The molecule has 2 aromatic rings. The molecule has 2 aromatic carbocycles. The fourth-order valence-electron chi connectivity index (χ4n) is 2.51. The van der Waals surface area contributed by atoms with E-state index in [1.807, 2.05) is 30.3 Å². The minimum absolute atomic E-state index is 0.169. The Kier molecular flexibility index (Phi) is 5.56. The number of benzene rings is 2. The maximum absolute atomic E-state index is 12.5. The summed E-state index contributed by atoms with van der Waals surface area (Å²) in [6.07, 6.45) is 1.55. The predicted molar refractivity (Wildman–Crippen MR) is 101 cm³/mol. The van der Waals surface area contributed by atoms with Gasteiger partial charge in [0.15, 0.2) is 6.61 Å². The van der Waals surface area contributed by atoms with Gasteiger partial charge in [0, 0.05) is 0 Å². The van der Waals surface area contributed by atoms with Crippen LogP contribution in [0, 0.1) is 0 Å². The maximum atomic E-state index is 12.5. The molecular weight excluding hydrogens is 416 g/mol. The molecule has 0 bridgehead atoms. The van der Waals surface area contributed by atoms with Crippen molar-refractivity contribution in [2.24, 2.45) is 0 Å². The lowest BCUT2D eigenvalue weighted by atomic mass is 10.1. The van der Waals surface area contributed by atoms with Gasteiger partial charge in [-0.1, -0.05) is 36.4 Å². The van der Waals surface area contributed by atoms with Crippen LogP contribution in [0.4, 0.5) is 4.79 Å². The zero-order valence-electron chi connectivity index (χ0n) is 14.0. The molecule has 138 valence electrons. The van der Waals surface area contributed by atoms with Gasteiger partial charge in [-0.05, 0) is 45.3 Å². The topological polar surface area (TPSA) is 95.9 Å². The Balaban J connectivity index is 1.75. The van der Waals surface area contributed by atoms with Crippen LogP contribution in [-0.4, -0.2) is 34.5 Å². The Labute approximate surface area is 163 Å². The van der Waals surface area contributed by atoms with Crippen molar-refractivity contribution in [1.82, 2.24) is 10.2 Å². The first-order valence-corrected chi connectivity index (χ1v) is 8.76. The van der Waals surface area contributed by atoms with E-state index in [0.29, 0.717) is 15.8 Å². The van der Waals surface area contributed by atoms with E-state index < -0.39 is 24.5 Å². The summed E-state index contributed by atoms with van der Waals surface area (Å²) < 4.78 is 5.67. The van der Waals surface area contributed by atoms with Crippen LogP contribution in [0.1, 0.15) is 11.1 Å². The second-order valence-corrected chi connectivity index (χ2v) is 6.59. The number of nitrogens with zero attached hydrogens (tertiary/aromatic N) is 1. The lowest BCUT2D eigenvalue weighted by Gasteiger charge is -2.11. The van der Waals surface area contributed by atoms with Crippen LogP contribution in [0.3, 0.4) is 0 Å². The summed E-state index contributed by atoms with van der Waals surface area (Å²) in [6.45, 7) is -0.267. The summed E-state index contributed by atoms with van der Waals surface area (Å²) in [5.41, 5.74) is 1.67. The van der Waals surface area contributed by atoms with Crippen LogP contribution in [0.2, 0.25) is 0 Å². The number of urea groups is 1. The van der Waals surface area contributed by atoms with Crippen LogP contribution < -0.4 is 10.1 Å². The minimum atomic E-state index is -1.08. The van der Waals surface area contributed by atoms with Gasteiger partial charge < -0.3 is 15.2 Å². The third kappa shape index (κ3) is 4.53. The zero-order valence-corrected chi connectivity index (χ0v) is 15.6. The van der Waals surface area contributed by atoms with Crippen molar-refractivity contribution in [2.75, 3.05) is 6.61 Å². The average Bonchev–Trinajstić information content (AvgIpc) is 2.89. The molecule has 1 fully saturated rings. The number of halogens is 1. The number of carbonyl (C=O) groups excluding carboxylic acids is 2. The van der Waals surface area contributed by atoms with Gasteiger partial charge in [-0.2, -0.15) is 0 Å². The summed E-state index contributed by atoms with van der Waals surface area (Å²) in [5.74, 6) is -1.12. The molecule has 2 N–H and O–H groups in total. The van der Waals surface area contributed by atoms with Crippen molar-refractivity contribution in [1.29, 1.82) is 0 Å². The largest absolute Gasteiger partial charge is 0.481 e. The smallest absolute Gasteiger partial charge is 0.341 e. The molecule has 0 aromatic heterocycles. The average molecular weight is 431 g/mol. The quantitative estimate of drug-likeness (QED) is 0.542. The molecule has 1 saturated heterocycles. The summed E-state index contributed by atoms with van der Waals surface area (Å²) >= 11 is 3.30. The molecular formula is C19H15BrN2O5. The number of carboxylic acids is 1. The Morgan fingerprint density at radius 2 is 1.93 bits per heavy atom. The number of carbonyl (C=O) groups is 3. The van der Waals surface area contributed by atoms with E-state index in [1.165, 1.54) is 0 Å². The Morgan fingerprint density at radius 1 is 1.19 bits per heavy atom. The van der Waals surface area contributed by atoms with Crippen molar-refractivity contribution in [3.8, 4) is 5.75 Å². The van der Waals surface area contributed by atoms with Crippen molar-refractivity contribution in [3.63, 3.8) is 0 Å². The molecule has 27 heavy (non-hydrogen) atoms. The summed E-state index contributed by atoms with van der Waals surface area (Å²) in [6, 6.07) is 13.7. The molecule has 0 atom stereocenters. The molecule has 0 saturated carbocycles. The molecule has 3 rings (SSSR count). The van der Waals surface area contributed by atoms with Gasteiger partial charge in [-0.25, -0.2) is 9.59 Å². The second-order valence-electron chi connectivity index (χ2n) is 5.74. The summed E-state index contributed by atoms with van der Waals surface area (Å²) in [7, 11) is 0. The Bertz CT molecular complexity index is 927. The molecule has 8 heteroatoms. The van der Waals surface area contributed by atoms with Gasteiger partial charge >= 0.3 is 12.0 Å². The highest BCUT2D eigenvalue weighted by atomic mass is 79.9. The molecule has 0 unspecified atom stereocenters. The minimum Gasteiger partial charge on any atom is -0.481 e. The van der Waals surface area contributed by atoms with Crippen molar-refractivity contribution in [2.45, 2.75) is 6.54 Å². The highest BCUT2D eigenvalue weighted by Crippen LogP contribution is 2.27. The fraction of sp³-hybridized carbons (Fsp3) is 0.105. The SMILES string of the molecule is O=C(O)COc1ccc(/C=C2/NC(=O)N(Cc3ccccc3)C2=O)cc1Br. The van der Waals surface area contributed by atoms with Crippen LogP contribution in [0.15, 0.2) is 58.7 Å². The summed E-state index contributed by atoms with van der Waals surface area (Å²) in [5, 5.41) is 11.2. The molecule has 1 heterocycles. The van der Waals surface area contributed by atoms with Crippen molar-refractivity contribution in [3.05, 3.63) is 69.8 Å². The van der Waals surface area contributed by atoms with Crippen LogP contribution in [0.5, 0.6) is 5.75 Å². The van der Waals surface area contributed by atoms with E-state index in [9.17, 15) is 14.4 Å². The predicted octanol–water partition coefficient (Wildman–Crippen LogP) is 3.01. The van der Waals surface area contributed by atoms with Crippen LogP contribution >= 0.6 is 15.9 Å². The van der Waals surface area contributed by atoms with Gasteiger partial charge in [0.25, 0.3) is 5.91 Å². The Hall–Kier alpha value is -3.13. The van der Waals surface area contributed by atoms with Crippen molar-refractivity contribution >= 4 is 39.9 Å². The molecule has 1 aliphatic rings. The normalized spacial score (nSPS) is 15.1. The number of amides is 3.